The Morgan fingerprint density at radius 2 is 1.89 bits per heavy atom. The first-order valence-electron chi connectivity index (χ1n) is 11.8. The van der Waals surface area contributed by atoms with E-state index >= 15 is 0 Å². The predicted molar refractivity (Wildman–Crippen MR) is 133 cm³/mol. The number of morpholine rings is 1. The molecule has 0 bridgehead atoms. The molecule has 1 unspecified atom stereocenters. The summed E-state index contributed by atoms with van der Waals surface area (Å²) in [6, 6.07) is 12.2. The van der Waals surface area contributed by atoms with Crippen molar-refractivity contribution >= 4 is 32.3 Å². The second-order valence-electron chi connectivity index (χ2n) is 8.62. The quantitative estimate of drug-likeness (QED) is 0.431. The molecule has 2 aliphatic heterocycles. The van der Waals surface area contributed by atoms with E-state index in [1.54, 1.807) is 36.4 Å². The van der Waals surface area contributed by atoms with Crippen LogP contribution in [-0.4, -0.2) is 68.2 Å². The molecular formula is C24H29N5O5S. The molecular weight excluding hydrogens is 470 g/mol. The van der Waals surface area contributed by atoms with Crippen molar-refractivity contribution in [3.63, 3.8) is 0 Å². The van der Waals surface area contributed by atoms with E-state index in [0.717, 1.165) is 25.1 Å². The van der Waals surface area contributed by atoms with E-state index in [2.05, 4.69) is 20.6 Å². The van der Waals surface area contributed by atoms with Gasteiger partial charge in [-0.1, -0.05) is 12.1 Å². The van der Waals surface area contributed by atoms with Gasteiger partial charge in [0.05, 0.1) is 53.0 Å². The lowest BCUT2D eigenvalue weighted by molar-refractivity contribution is 0.0730. The smallest absolute Gasteiger partial charge is 0.258 e. The fraction of sp³-hybridized carbons (Fsp3) is 0.417. The number of anilines is 2. The van der Waals surface area contributed by atoms with E-state index in [1.807, 2.05) is 6.07 Å². The van der Waals surface area contributed by atoms with Gasteiger partial charge in [0.25, 0.3) is 5.56 Å². The van der Waals surface area contributed by atoms with Crippen LogP contribution in [0.15, 0.2) is 52.2 Å². The maximum Gasteiger partial charge on any atom is 0.258 e. The summed E-state index contributed by atoms with van der Waals surface area (Å²) >= 11 is 0. The minimum absolute atomic E-state index is 0.123. The van der Waals surface area contributed by atoms with Gasteiger partial charge in [-0.15, -0.1) is 0 Å². The van der Waals surface area contributed by atoms with Crippen LogP contribution in [-0.2, 0) is 26.0 Å². The number of H-pyrrole nitrogens is 1. The maximum absolute atomic E-state index is 13.2. The van der Waals surface area contributed by atoms with Gasteiger partial charge >= 0.3 is 0 Å². The Bertz CT molecular complexity index is 1350. The molecule has 0 saturated carbocycles. The third-order valence-corrected chi connectivity index (χ3v) is 8.15. The number of nitrogens with one attached hydrogen (secondary N) is 3. The highest BCUT2D eigenvalue weighted by molar-refractivity contribution is 7.89. The summed E-state index contributed by atoms with van der Waals surface area (Å²) in [6.07, 6.45) is 2.15. The first-order valence-corrected chi connectivity index (χ1v) is 13.2. The largest absolute Gasteiger partial charge is 0.381 e. The lowest BCUT2D eigenvalue weighted by Crippen LogP contribution is -2.40. The van der Waals surface area contributed by atoms with Crippen LogP contribution in [0.4, 0.5) is 11.4 Å². The van der Waals surface area contributed by atoms with Crippen LogP contribution in [0.2, 0.25) is 0 Å². The molecule has 0 spiro atoms. The zero-order valence-electron chi connectivity index (χ0n) is 19.3. The third-order valence-electron chi connectivity index (χ3n) is 6.25. The molecule has 3 heterocycles. The Balaban J connectivity index is 1.41. The highest BCUT2D eigenvalue weighted by atomic mass is 32.2. The molecule has 10 nitrogen and oxygen atoms in total. The molecule has 3 N–H and O–H groups in total. The Labute approximate surface area is 203 Å². The maximum atomic E-state index is 13.2. The molecule has 2 aromatic carbocycles. The van der Waals surface area contributed by atoms with Crippen LogP contribution in [0.3, 0.4) is 0 Å². The normalized spacial score (nSPS) is 19.1. The van der Waals surface area contributed by atoms with E-state index < -0.39 is 10.0 Å². The number of aromatic nitrogens is 2. The standard InChI is InChI=1S/C24H29N5O5S/c30-24-19-5-1-2-6-20(19)27-23(28-24)16-26-22-14-18(35(31,32)29-9-12-33-13-10-29)7-8-21(22)25-15-17-4-3-11-34-17/h1-2,5-8,14,17,25-26H,3-4,9-13,15-16H2,(H,27,28,30). The lowest BCUT2D eigenvalue weighted by atomic mass is 10.2. The fourth-order valence-electron chi connectivity index (χ4n) is 4.35. The van der Waals surface area contributed by atoms with Crippen molar-refractivity contribution < 1.29 is 17.9 Å². The second-order valence-corrected chi connectivity index (χ2v) is 10.6. The van der Waals surface area contributed by atoms with E-state index in [0.29, 0.717) is 55.3 Å². The number of nitrogens with zero attached hydrogens (tertiary/aromatic N) is 2. The summed E-state index contributed by atoms with van der Waals surface area (Å²) in [5.74, 6) is 0.459. The number of aromatic amines is 1. The molecule has 3 aromatic rings. The molecule has 0 amide bonds. The molecule has 2 saturated heterocycles. The number of hydrogen-bond acceptors (Lipinski definition) is 8. The van der Waals surface area contributed by atoms with Crippen LogP contribution >= 0.6 is 0 Å². The second kappa shape index (κ2) is 10.3. The number of rotatable bonds is 8. The molecule has 0 aliphatic carbocycles. The van der Waals surface area contributed by atoms with Gasteiger partial charge in [-0.05, 0) is 43.2 Å². The Morgan fingerprint density at radius 1 is 1.06 bits per heavy atom. The van der Waals surface area contributed by atoms with Crippen molar-refractivity contribution in [2.45, 2.75) is 30.4 Å². The summed E-state index contributed by atoms with van der Waals surface area (Å²) in [5.41, 5.74) is 1.75. The first-order chi connectivity index (χ1) is 17.0. The first kappa shape index (κ1) is 23.7. The average molecular weight is 500 g/mol. The number of benzene rings is 2. The molecule has 2 fully saturated rings. The monoisotopic (exact) mass is 499 g/mol. The van der Waals surface area contributed by atoms with Gasteiger partial charge in [-0.2, -0.15) is 4.31 Å². The zero-order chi connectivity index (χ0) is 24.3. The van der Waals surface area contributed by atoms with Crippen molar-refractivity contribution in [3.05, 3.63) is 58.6 Å². The van der Waals surface area contributed by atoms with Crippen LogP contribution in [0.25, 0.3) is 10.9 Å². The van der Waals surface area contributed by atoms with E-state index in [-0.39, 0.29) is 23.1 Å². The van der Waals surface area contributed by atoms with Gasteiger partial charge in [-0.25, -0.2) is 13.4 Å². The molecule has 5 rings (SSSR count). The summed E-state index contributed by atoms with van der Waals surface area (Å²) < 4.78 is 38.9. The Hall–Kier alpha value is -2.99. The third kappa shape index (κ3) is 5.32. The molecule has 2 aliphatic rings. The molecule has 1 aromatic heterocycles. The van der Waals surface area contributed by atoms with Crippen molar-refractivity contribution in [2.75, 3.05) is 50.1 Å². The van der Waals surface area contributed by atoms with Gasteiger partial charge in [0.1, 0.15) is 5.82 Å². The Morgan fingerprint density at radius 3 is 2.69 bits per heavy atom. The molecule has 11 heteroatoms. The van der Waals surface area contributed by atoms with Gasteiger partial charge < -0.3 is 25.1 Å². The zero-order valence-corrected chi connectivity index (χ0v) is 20.1. The fourth-order valence-corrected chi connectivity index (χ4v) is 5.78. The summed E-state index contributed by atoms with van der Waals surface area (Å²) in [7, 11) is -3.66. The molecule has 0 radical (unpaired) electrons. The van der Waals surface area contributed by atoms with E-state index in [4.69, 9.17) is 9.47 Å². The van der Waals surface area contributed by atoms with Gasteiger partial charge in [0, 0.05) is 26.2 Å². The van der Waals surface area contributed by atoms with E-state index in [1.165, 1.54) is 4.31 Å². The SMILES string of the molecule is O=c1[nH]c(CNc2cc(S(=O)(=O)N3CCOCC3)ccc2NCC2CCCO2)nc2ccccc12. The van der Waals surface area contributed by atoms with E-state index in [9.17, 15) is 13.2 Å². The number of ether oxygens (including phenoxy) is 2. The Kier molecular flexibility index (Phi) is 7.00. The van der Waals surface area contributed by atoms with Gasteiger partial charge in [0.2, 0.25) is 10.0 Å². The summed E-state index contributed by atoms with van der Waals surface area (Å²) in [4.78, 5) is 20.0. The lowest BCUT2D eigenvalue weighted by Gasteiger charge is -2.26. The number of hydrogen-bond donors (Lipinski definition) is 3. The number of fused-ring (bicyclic) bond motifs is 1. The van der Waals surface area contributed by atoms with Crippen molar-refractivity contribution in [2.24, 2.45) is 0 Å². The topological polar surface area (TPSA) is 126 Å². The van der Waals surface area contributed by atoms with Gasteiger partial charge in [-0.3, -0.25) is 4.79 Å². The highest BCUT2D eigenvalue weighted by Crippen LogP contribution is 2.28. The van der Waals surface area contributed by atoms with Crippen molar-refractivity contribution in [1.29, 1.82) is 0 Å². The summed E-state index contributed by atoms with van der Waals surface area (Å²) in [5, 5.41) is 7.17. The van der Waals surface area contributed by atoms with Crippen LogP contribution in [0.1, 0.15) is 18.7 Å². The summed E-state index contributed by atoms with van der Waals surface area (Å²) in [6.45, 7) is 3.01. The van der Waals surface area contributed by atoms with Gasteiger partial charge in [0.15, 0.2) is 0 Å². The molecule has 1 atom stereocenters. The van der Waals surface area contributed by atoms with Crippen LogP contribution < -0.4 is 16.2 Å². The van der Waals surface area contributed by atoms with Crippen LogP contribution in [0, 0.1) is 0 Å². The predicted octanol–water partition coefficient (Wildman–Crippen LogP) is 2.15. The minimum Gasteiger partial charge on any atom is -0.381 e. The molecule has 35 heavy (non-hydrogen) atoms. The average Bonchev–Trinajstić information content (AvgIpc) is 3.41. The minimum atomic E-state index is -3.66. The van der Waals surface area contributed by atoms with Crippen molar-refractivity contribution in [3.8, 4) is 0 Å². The van der Waals surface area contributed by atoms with Crippen molar-refractivity contribution in [1.82, 2.24) is 14.3 Å². The van der Waals surface area contributed by atoms with Crippen LogP contribution in [0.5, 0.6) is 0 Å². The highest BCUT2D eigenvalue weighted by Gasteiger charge is 2.27. The number of sulfonamides is 1. The number of para-hydroxylation sites is 1. The molecule has 186 valence electrons.